The molecule has 0 aliphatic rings. The maximum atomic E-state index is 13.2. The molecule has 3 aromatic carbocycles. The second-order valence-electron chi connectivity index (χ2n) is 8.26. The fraction of sp³-hybridized carbons (Fsp3) is 0.0370. The molecule has 0 unspecified atom stereocenters. The molecule has 4 N–H and O–H groups in total. The smallest absolute Gasteiger partial charge is 0.324 e. The van der Waals surface area contributed by atoms with Crippen LogP contribution in [0.2, 0.25) is 0 Å². The summed E-state index contributed by atoms with van der Waals surface area (Å²) < 4.78 is 26.3. The molecule has 0 aliphatic carbocycles. The zero-order valence-electron chi connectivity index (χ0n) is 19.9. The highest BCUT2D eigenvalue weighted by Gasteiger charge is 2.19. The maximum absolute atomic E-state index is 13.2. The van der Waals surface area contributed by atoms with Crippen LogP contribution in [0.4, 0.5) is 21.4 Å². The van der Waals surface area contributed by atoms with Crippen LogP contribution in [-0.4, -0.2) is 29.6 Å². The molecular weight excluding hydrogens is 520 g/mol. The zero-order chi connectivity index (χ0) is 26.5. The molecule has 11 heteroatoms. The number of amides is 2. The van der Waals surface area contributed by atoms with Crippen LogP contribution in [-0.2, 0) is 15.6 Å². The lowest BCUT2D eigenvalue weighted by Gasteiger charge is -2.12. The van der Waals surface area contributed by atoms with Gasteiger partial charge in [0.1, 0.15) is 0 Å². The maximum Gasteiger partial charge on any atom is 0.324 e. The molecule has 2 aromatic heterocycles. The van der Waals surface area contributed by atoms with Crippen LogP contribution in [0.15, 0.2) is 101 Å². The monoisotopic (exact) mass is 542 g/mol. The summed E-state index contributed by atoms with van der Waals surface area (Å²) in [6.45, 7) is 0. The van der Waals surface area contributed by atoms with E-state index in [1.54, 1.807) is 60.7 Å². The third kappa shape index (κ3) is 5.85. The number of anilines is 3. The summed E-state index contributed by atoms with van der Waals surface area (Å²) in [6.07, 6.45) is 0. The van der Waals surface area contributed by atoms with Crippen molar-refractivity contribution in [3.05, 3.63) is 102 Å². The minimum Gasteiger partial charge on any atom is -0.375 e. The van der Waals surface area contributed by atoms with Gasteiger partial charge in [0.2, 0.25) is 0 Å². The van der Waals surface area contributed by atoms with Gasteiger partial charge in [0.25, 0.3) is 0 Å². The van der Waals surface area contributed by atoms with E-state index in [0.717, 1.165) is 11.1 Å². The van der Waals surface area contributed by atoms with Gasteiger partial charge < -0.3 is 11.1 Å². The zero-order valence-corrected chi connectivity index (χ0v) is 21.5. The normalized spacial score (nSPS) is 11.2. The van der Waals surface area contributed by atoms with Gasteiger partial charge in [0.05, 0.1) is 22.0 Å². The molecule has 5 aromatic rings. The summed E-state index contributed by atoms with van der Waals surface area (Å²) in [5.74, 6) is -0.0351. The lowest BCUT2D eigenvalue weighted by molar-refractivity contribution is 0.262. The number of benzene rings is 3. The van der Waals surface area contributed by atoms with E-state index < -0.39 is 15.9 Å². The molecule has 0 atom stereocenters. The van der Waals surface area contributed by atoms with E-state index in [9.17, 15) is 13.2 Å². The van der Waals surface area contributed by atoms with E-state index in [0.29, 0.717) is 27.8 Å². The van der Waals surface area contributed by atoms with Gasteiger partial charge in [-0.15, -0.1) is 21.5 Å². The predicted octanol–water partition coefficient (Wildman–Crippen LogP) is 5.47. The summed E-state index contributed by atoms with van der Waals surface area (Å²) in [5.41, 5.74) is 9.56. The van der Waals surface area contributed by atoms with Gasteiger partial charge in [-0.3, -0.25) is 5.32 Å². The molecule has 0 fully saturated rings. The first-order valence-corrected chi connectivity index (χ1v) is 14.0. The number of hydrogen-bond acceptors (Lipinski definition) is 8. The van der Waals surface area contributed by atoms with E-state index in [1.807, 2.05) is 35.7 Å². The highest BCUT2D eigenvalue weighted by Crippen LogP contribution is 2.27. The first kappa shape index (κ1) is 25.1. The molecular formula is C27H22N6O3S2. The van der Waals surface area contributed by atoms with Crippen molar-refractivity contribution in [1.29, 1.82) is 0 Å². The van der Waals surface area contributed by atoms with Gasteiger partial charge >= 0.3 is 6.03 Å². The molecule has 2 amide bonds. The Labute approximate surface area is 223 Å². The third-order valence-electron chi connectivity index (χ3n) is 5.62. The molecule has 0 aliphatic heterocycles. The van der Waals surface area contributed by atoms with E-state index in [2.05, 4.69) is 25.8 Å². The molecule has 38 heavy (non-hydrogen) atoms. The molecule has 0 bridgehead atoms. The topological polar surface area (TPSA) is 140 Å². The molecule has 0 spiro atoms. The average molecular weight is 543 g/mol. The van der Waals surface area contributed by atoms with E-state index in [1.165, 1.54) is 11.3 Å². The Hall–Kier alpha value is -4.61. The number of nitrogens with two attached hydrogens (primary N) is 1. The second kappa shape index (κ2) is 10.8. The van der Waals surface area contributed by atoms with Gasteiger partial charge in [-0.1, -0.05) is 60.7 Å². The van der Waals surface area contributed by atoms with Crippen molar-refractivity contribution in [3.63, 3.8) is 0 Å². The van der Waals surface area contributed by atoms with Gasteiger partial charge in [0, 0.05) is 22.2 Å². The molecule has 9 nitrogen and oxygen atoms in total. The number of nitrogen functional groups attached to an aromatic ring is 1. The van der Waals surface area contributed by atoms with E-state index in [-0.39, 0.29) is 16.5 Å². The summed E-state index contributed by atoms with van der Waals surface area (Å²) >= 11 is 1.32. The van der Waals surface area contributed by atoms with Gasteiger partial charge in [-0.25, -0.2) is 18.2 Å². The number of urea groups is 1. The van der Waals surface area contributed by atoms with Crippen LogP contribution in [0.25, 0.3) is 22.5 Å². The molecule has 0 saturated heterocycles. The van der Waals surface area contributed by atoms with E-state index in [4.69, 9.17) is 5.73 Å². The van der Waals surface area contributed by atoms with Crippen LogP contribution in [0.1, 0.15) is 5.56 Å². The third-order valence-corrected chi connectivity index (χ3v) is 7.97. The number of hydrogen-bond donors (Lipinski definition) is 3. The van der Waals surface area contributed by atoms with Gasteiger partial charge in [0.15, 0.2) is 20.8 Å². The minimum atomic E-state index is -3.69. The Morgan fingerprint density at radius 1 is 0.789 bits per heavy atom. The Morgan fingerprint density at radius 2 is 1.50 bits per heavy atom. The van der Waals surface area contributed by atoms with Crippen molar-refractivity contribution in [2.45, 2.75) is 10.6 Å². The standard InChI is InChI=1S/C27H22N6O3S2/c28-26-29-24(16-37-26)19-10-12-21(13-11-19)38(35,36)17-20-8-4-5-9-22(20)30-27(34)31-25-15-14-23(32-33-25)18-6-2-1-3-7-18/h1-16H,17H2,(H2,28,29)(H2,30,31,33,34). The number of aromatic nitrogens is 3. The first-order valence-electron chi connectivity index (χ1n) is 11.5. The quantitative estimate of drug-likeness (QED) is 0.248. The highest BCUT2D eigenvalue weighted by molar-refractivity contribution is 7.90. The van der Waals surface area contributed by atoms with Crippen LogP contribution in [0.3, 0.4) is 0 Å². The van der Waals surface area contributed by atoms with Crippen LogP contribution < -0.4 is 16.4 Å². The number of carbonyl (C=O) groups excluding carboxylic acids is 1. The molecule has 0 saturated carbocycles. The number of para-hydroxylation sites is 1. The largest absolute Gasteiger partial charge is 0.375 e. The average Bonchev–Trinajstić information content (AvgIpc) is 3.37. The van der Waals surface area contributed by atoms with Crippen LogP contribution in [0.5, 0.6) is 0 Å². The number of nitrogens with one attached hydrogen (secondary N) is 2. The number of thiazole rings is 1. The summed E-state index contributed by atoms with van der Waals surface area (Å²) in [4.78, 5) is 17.0. The molecule has 190 valence electrons. The summed E-state index contributed by atoms with van der Waals surface area (Å²) in [5, 5.41) is 15.8. The number of rotatable bonds is 7. The fourth-order valence-corrected chi connectivity index (χ4v) is 5.69. The number of nitrogens with zero attached hydrogens (tertiary/aromatic N) is 3. The Balaban J connectivity index is 1.26. The lowest BCUT2D eigenvalue weighted by atomic mass is 10.1. The first-order chi connectivity index (χ1) is 18.4. The Kier molecular flexibility index (Phi) is 7.11. The second-order valence-corrected chi connectivity index (χ2v) is 11.1. The Bertz CT molecular complexity index is 1670. The van der Waals surface area contributed by atoms with Crippen molar-refractivity contribution in [3.8, 4) is 22.5 Å². The van der Waals surface area contributed by atoms with Crippen molar-refractivity contribution in [2.24, 2.45) is 0 Å². The minimum absolute atomic E-state index is 0.164. The molecule has 2 heterocycles. The predicted molar refractivity (Wildman–Crippen MR) is 149 cm³/mol. The van der Waals surface area contributed by atoms with Crippen molar-refractivity contribution >= 4 is 43.8 Å². The van der Waals surface area contributed by atoms with Crippen LogP contribution in [0, 0.1) is 0 Å². The lowest BCUT2D eigenvalue weighted by Crippen LogP contribution is -2.21. The summed E-state index contributed by atoms with van der Waals surface area (Å²) in [7, 11) is -3.69. The van der Waals surface area contributed by atoms with Gasteiger partial charge in [-0.2, -0.15) is 0 Å². The Morgan fingerprint density at radius 3 is 2.18 bits per heavy atom. The van der Waals surface area contributed by atoms with Crippen molar-refractivity contribution in [2.75, 3.05) is 16.4 Å². The van der Waals surface area contributed by atoms with Gasteiger partial charge in [-0.05, 0) is 35.9 Å². The molecule has 0 radical (unpaired) electrons. The van der Waals surface area contributed by atoms with Crippen molar-refractivity contribution < 1.29 is 13.2 Å². The molecule has 5 rings (SSSR count). The fourth-order valence-electron chi connectivity index (χ4n) is 3.74. The summed E-state index contributed by atoms with van der Waals surface area (Å²) in [6, 6.07) is 25.6. The SMILES string of the molecule is Nc1nc(-c2ccc(S(=O)(=O)Cc3ccccc3NC(=O)Nc3ccc(-c4ccccc4)nn3)cc2)cs1. The van der Waals surface area contributed by atoms with E-state index >= 15 is 0 Å². The number of sulfone groups is 1. The highest BCUT2D eigenvalue weighted by atomic mass is 32.2. The number of carbonyl (C=O) groups is 1. The van der Waals surface area contributed by atoms with Crippen LogP contribution >= 0.6 is 11.3 Å². The van der Waals surface area contributed by atoms with Crippen molar-refractivity contribution in [1.82, 2.24) is 15.2 Å².